The van der Waals surface area contributed by atoms with E-state index in [-0.39, 0.29) is 42.0 Å². The summed E-state index contributed by atoms with van der Waals surface area (Å²) in [6.45, 7) is 0. The molecule has 2 saturated heterocycles. The van der Waals surface area contributed by atoms with Crippen LogP contribution in [-0.2, 0) is 30.8 Å². The Kier molecular flexibility index (Phi) is 8.41. The van der Waals surface area contributed by atoms with E-state index in [0.717, 1.165) is 9.91 Å². The number of halogens is 5. The van der Waals surface area contributed by atoms with E-state index in [2.05, 4.69) is 10.4 Å². The second-order valence-electron chi connectivity index (χ2n) is 13.0. The van der Waals surface area contributed by atoms with Crippen LogP contribution in [0, 0.1) is 29.6 Å². The zero-order chi connectivity index (χ0) is 36.6. The fraction of sp³-hybridized carbons (Fsp3) is 0.306. The van der Waals surface area contributed by atoms with Crippen LogP contribution < -0.4 is 10.2 Å². The van der Waals surface area contributed by atoms with E-state index in [1.807, 2.05) is 6.08 Å². The maximum absolute atomic E-state index is 15.1. The molecule has 15 heteroatoms. The highest BCUT2D eigenvalue weighted by Gasteiger charge is 2.69. The number of hydrogen-bond acceptors (Lipinski definition) is 8. The Labute approximate surface area is 299 Å². The number of carbonyl (C=O) groups excluding carboxylic acids is 4. The number of likely N-dealkylation sites (tertiary alicyclic amines) is 1. The Balaban J connectivity index is 1.41. The van der Waals surface area contributed by atoms with Gasteiger partial charge in [0.1, 0.15) is 0 Å². The number of hydrogen-bond donors (Lipinski definition) is 2. The lowest BCUT2D eigenvalue weighted by atomic mass is 9.50. The number of nitrogens with one attached hydrogen (secondary N) is 1. The van der Waals surface area contributed by atoms with Crippen LogP contribution in [0.3, 0.4) is 0 Å². The number of rotatable bonds is 6. The molecule has 4 amide bonds. The van der Waals surface area contributed by atoms with Gasteiger partial charge in [-0.15, -0.1) is 0 Å². The summed E-state index contributed by atoms with van der Waals surface area (Å²) in [5.41, 5.74) is 1.52. The van der Waals surface area contributed by atoms with Crippen molar-refractivity contribution in [3.8, 4) is 11.5 Å². The summed E-state index contributed by atoms with van der Waals surface area (Å²) in [6.07, 6.45) is 1.39. The molecular formula is C36H29Cl2F3N4O6. The number of carbonyl (C=O) groups is 4. The Morgan fingerprint density at radius 3 is 2.41 bits per heavy atom. The highest BCUT2D eigenvalue weighted by molar-refractivity contribution is 6.33. The van der Waals surface area contributed by atoms with Crippen molar-refractivity contribution in [1.82, 2.24) is 14.9 Å². The first kappa shape index (κ1) is 34.6. The number of nitrogens with zero attached hydrogens (tertiary/aromatic N) is 3. The average Bonchev–Trinajstić information content (AvgIpc) is 3.45. The van der Waals surface area contributed by atoms with Gasteiger partial charge in [0.05, 0.1) is 40.9 Å². The maximum Gasteiger partial charge on any atom is 0.417 e. The number of phenolic OH excluding ortho intramolecular Hbond substituents is 1. The van der Waals surface area contributed by atoms with Gasteiger partial charge in [-0.25, -0.2) is 4.98 Å². The van der Waals surface area contributed by atoms with Crippen molar-refractivity contribution in [1.29, 1.82) is 0 Å². The molecule has 7 rings (SSSR count). The lowest BCUT2D eigenvalue weighted by Gasteiger charge is -2.49. The number of methoxy groups -OCH3 is 1. The standard InChI is InChI=1S/C36H29Cl2F3N4O6/c1-44-31(47)22-10-9-21-23(29(22)33(44)49)15-25-32(48)45(43-30-26(38)14-19(16-42-30)36(39,40)41)34(50)35(25,18-5-7-20(37)8-6-18)24(21)11-3-17-4-12-27(46)28(13-17)51-2/h3-9,11-14,16,22-25,29,46H,10,15H2,1-2H3,(H,42,43)/t22-,23+,24-,25-,29-,35-/m0/s1. The Morgan fingerprint density at radius 2 is 1.75 bits per heavy atom. The second-order valence-corrected chi connectivity index (χ2v) is 13.8. The summed E-state index contributed by atoms with van der Waals surface area (Å²) in [7, 11) is 2.83. The molecule has 3 aromatic rings. The minimum absolute atomic E-state index is 0.0107. The lowest BCUT2D eigenvalue weighted by Crippen LogP contribution is -2.54. The van der Waals surface area contributed by atoms with Crippen LogP contribution in [0.2, 0.25) is 10.0 Å². The van der Waals surface area contributed by atoms with Crippen LogP contribution in [0.1, 0.15) is 29.5 Å². The summed E-state index contributed by atoms with van der Waals surface area (Å²) >= 11 is 12.5. The minimum atomic E-state index is -4.74. The number of alkyl halides is 3. The molecule has 1 aromatic heterocycles. The third kappa shape index (κ3) is 5.36. The molecule has 0 radical (unpaired) electrons. The van der Waals surface area contributed by atoms with E-state index in [0.29, 0.717) is 34.0 Å². The minimum Gasteiger partial charge on any atom is -0.504 e. The number of fused-ring (bicyclic) bond motifs is 4. The smallest absolute Gasteiger partial charge is 0.417 e. The Morgan fingerprint density at radius 1 is 1.02 bits per heavy atom. The second kappa shape index (κ2) is 12.4. The molecule has 51 heavy (non-hydrogen) atoms. The normalized spacial score (nSPS) is 27.4. The van der Waals surface area contributed by atoms with Gasteiger partial charge in [-0.05, 0) is 60.2 Å². The van der Waals surface area contributed by atoms with Gasteiger partial charge in [0.2, 0.25) is 11.8 Å². The van der Waals surface area contributed by atoms with Crippen molar-refractivity contribution >= 4 is 58.7 Å². The summed E-state index contributed by atoms with van der Waals surface area (Å²) in [5.74, 6) is -6.41. The highest BCUT2D eigenvalue weighted by Crippen LogP contribution is 2.61. The van der Waals surface area contributed by atoms with Crippen LogP contribution in [0.4, 0.5) is 19.0 Å². The van der Waals surface area contributed by atoms with E-state index in [1.165, 1.54) is 20.2 Å². The van der Waals surface area contributed by atoms with E-state index in [1.54, 1.807) is 48.6 Å². The van der Waals surface area contributed by atoms with Crippen LogP contribution in [0.15, 0.2) is 72.5 Å². The van der Waals surface area contributed by atoms with Crippen molar-refractivity contribution in [3.05, 3.63) is 99.2 Å². The predicted octanol–water partition coefficient (Wildman–Crippen LogP) is 6.28. The molecule has 0 bridgehead atoms. The summed E-state index contributed by atoms with van der Waals surface area (Å²) in [5, 5.41) is 10.8. The van der Waals surface area contributed by atoms with E-state index < -0.39 is 63.6 Å². The number of phenols is 1. The van der Waals surface area contributed by atoms with Gasteiger partial charge in [0.25, 0.3) is 11.8 Å². The number of aromatic hydroxyl groups is 1. The average molecular weight is 742 g/mol. The molecule has 2 aromatic carbocycles. The summed E-state index contributed by atoms with van der Waals surface area (Å²) in [6, 6.07) is 11.8. The zero-order valence-electron chi connectivity index (χ0n) is 26.9. The van der Waals surface area contributed by atoms with Crippen molar-refractivity contribution in [3.63, 3.8) is 0 Å². The highest BCUT2D eigenvalue weighted by atomic mass is 35.5. The molecule has 3 fully saturated rings. The first-order valence-corrected chi connectivity index (χ1v) is 16.6. The fourth-order valence-corrected chi connectivity index (χ4v) is 8.53. The predicted molar refractivity (Wildman–Crippen MR) is 179 cm³/mol. The van der Waals surface area contributed by atoms with Gasteiger partial charge < -0.3 is 9.84 Å². The lowest BCUT2D eigenvalue weighted by molar-refractivity contribution is -0.140. The van der Waals surface area contributed by atoms with Crippen LogP contribution in [0.25, 0.3) is 6.08 Å². The zero-order valence-corrected chi connectivity index (χ0v) is 28.5. The number of anilines is 1. The molecule has 1 saturated carbocycles. The monoisotopic (exact) mass is 740 g/mol. The molecule has 2 aliphatic heterocycles. The molecule has 2 aliphatic carbocycles. The number of pyridine rings is 1. The van der Waals surface area contributed by atoms with Gasteiger partial charge in [0, 0.05) is 24.2 Å². The van der Waals surface area contributed by atoms with Crippen molar-refractivity contribution < 1.29 is 42.2 Å². The molecule has 2 N–H and O–H groups in total. The molecule has 3 heterocycles. The SMILES string of the molecule is COc1cc(C=C[C@H]2C3=CC[C@@H]4C(=O)N(C)C(=O)[C@@H]4[C@@H]3C[C@H]3C(=O)N(Nc4ncc(C(F)(F)F)cc4Cl)C(=O)[C@@]23c2ccc(Cl)cc2)ccc1O. The largest absolute Gasteiger partial charge is 0.504 e. The summed E-state index contributed by atoms with van der Waals surface area (Å²) < 4.78 is 45.4. The molecule has 0 spiro atoms. The fourth-order valence-electron chi connectivity index (χ4n) is 8.19. The Hall–Kier alpha value is -4.88. The topological polar surface area (TPSA) is 129 Å². The number of allylic oxidation sites excluding steroid dienone is 3. The van der Waals surface area contributed by atoms with Gasteiger partial charge in [-0.2, -0.15) is 18.2 Å². The maximum atomic E-state index is 15.1. The third-order valence-corrected chi connectivity index (χ3v) is 11.1. The third-order valence-electron chi connectivity index (χ3n) is 10.5. The van der Waals surface area contributed by atoms with E-state index >= 15 is 4.79 Å². The van der Waals surface area contributed by atoms with Crippen molar-refractivity contribution in [2.24, 2.45) is 29.6 Å². The number of benzene rings is 2. The molecule has 0 unspecified atom stereocenters. The number of imide groups is 2. The first-order chi connectivity index (χ1) is 24.2. The van der Waals surface area contributed by atoms with Crippen molar-refractivity contribution in [2.75, 3.05) is 19.6 Å². The number of ether oxygens (including phenoxy) is 1. The molecule has 6 atom stereocenters. The molecule has 4 aliphatic rings. The molecule has 264 valence electrons. The number of amides is 4. The summed E-state index contributed by atoms with van der Waals surface area (Å²) in [4.78, 5) is 61.2. The van der Waals surface area contributed by atoms with Gasteiger partial charge >= 0.3 is 6.18 Å². The van der Waals surface area contributed by atoms with Crippen LogP contribution in [0.5, 0.6) is 11.5 Å². The van der Waals surface area contributed by atoms with Crippen LogP contribution >= 0.6 is 23.2 Å². The van der Waals surface area contributed by atoms with Gasteiger partial charge in [-0.3, -0.25) is 29.5 Å². The van der Waals surface area contributed by atoms with Crippen molar-refractivity contribution in [2.45, 2.75) is 24.4 Å². The molecule has 10 nitrogen and oxygen atoms in total. The number of hydrazine groups is 1. The number of aromatic nitrogens is 1. The van der Waals surface area contributed by atoms with Gasteiger partial charge in [-0.1, -0.05) is 65.2 Å². The first-order valence-electron chi connectivity index (χ1n) is 15.9. The quantitative estimate of drug-likeness (QED) is 0.223. The molecular weight excluding hydrogens is 712 g/mol. The van der Waals surface area contributed by atoms with Crippen LogP contribution in [-0.4, -0.2) is 57.8 Å². The van der Waals surface area contributed by atoms with E-state index in [9.17, 15) is 32.7 Å². The van der Waals surface area contributed by atoms with Gasteiger partial charge in [0.15, 0.2) is 17.3 Å². The van der Waals surface area contributed by atoms with E-state index in [4.69, 9.17) is 27.9 Å². The Bertz CT molecular complexity index is 2050.